The molecule has 1 heterocycles. The number of rotatable bonds is 6. The van der Waals surface area contributed by atoms with Crippen molar-refractivity contribution in [2.24, 2.45) is 5.92 Å². The fourth-order valence-electron chi connectivity index (χ4n) is 2.97. The molecule has 1 amide bonds. The van der Waals surface area contributed by atoms with Crippen molar-refractivity contribution in [1.29, 1.82) is 0 Å². The van der Waals surface area contributed by atoms with Crippen molar-refractivity contribution in [3.8, 4) is 0 Å². The summed E-state index contributed by atoms with van der Waals surface area (Å²) >= 11 is 0. The van der Waals surface area contributed by atoms with E-state index in [-0.39, 0.29) is 18.1 Å². The van der Waals surface area contributed by atoms with Gasteiger partial charge in [-0.1, -0.05) is 13.8 Å². The number of hydrogen-bond acceptors (Lipinski definition) is 3. The number of piperidine rings is 1. The second-order valence-corrected chi connectivity index (χ2v) is 6.01. The molecule has 1 saturated heterocycles. The quantitative estimate of drug-likeness (QED) is 0.773. The van der Waals surface area contributed by atoms with Crippen molar-refractivity contribution >= 4 is 5.91 Å². The molecule has 4 atom stereocenters. The Kier molecular flexibility index (Phi) is 6.80. The first-order valence-electron chi connectivity index (χ1n) is 7.65. The summed E-state index contributed by atoms with van der Waals surface area (Å²) in [4.78, 5) is 13.7. The average molecular weight is 270 g/mol. The molecule has 0 saturated carbocycles. The van der Waals surface area contributed by atoms with Crippen LogP contribution in [0, 0.1) is 5.92 Å². The lowest BCUT2D eigenvalue weighted by Gasteiger charge is -2.41. The highest BCUT2D eigenvalue weighted by atomic mass is 16.3. The third kappa shape index (κ3) is 5.49. The van der Waals surface area contributed by atoms with Crippen molar-refractivity contribution in [3.05, 3.63) is 0 Å². The van der Waals surface area contributed by atoms with Gasteiger partial charge in [0.2, 0.25) is 5.91 Å². The Balaban J connectivity index is 2.63. The number of aliphatic hydroxyl groups is 1. The van der Waals surface area contributed by atoms with E-state index in [0.717, 1.165) is 38.8 Å². The zero-order valence-corrected chi connectivity index (χ0v) is 12.9. The minimum Gasteiger partial charge on any atom is -0.393 e. The molecule has 4 heteroatoms. The lowest BCUT2D eigenvalue weighted by Crippen LogP contribution is -2.53. The maximum atomic E-state index is 11.3. The number of aliphatic hydroxyl groups excluding tert-OH is 1. The third-order valence-electron chi connectivity index (χ3n) is 4.26. The minimum atomic E-state index is -0.208. The molecule has 19 heavy (non-hydrogen) atoms. The van der Waals surface area contributed by atoms with Gasteiger partial charge in [-0.2, -0.15) is 0 Å². The van der Waals surface area contributed by atoms with Gasteiger partial charge in [0.15, 0.2) is 0 Å². The molecule has 0 aliphatic carbocycles. The van der Waals surface area contributed by atoms with E-state index in [0.29, 0.717) is 12.0 Å². The van der Waals surface area contributed by atoms with Crippen molar-refractivity contribution in [2.75, 3.05) is 13.1 Å². The van der Waals surface area contributed by atoms with Crippen LogP contribution in [0.25, 0.3) is 0 Å². The van der Waals surface area contributed by atoms with Crippen LogP contribution in [-0.2, 0) is 4.79 Å². The SMILES string of the molecule is CCC(O)CC1CC(NC(C)=O)CN(C(C)CC)C1. The lowest BCUT2D eigenvalue weighted by atomic mass is 9.88. The summed E-state index contributed by atoms with van der Waals surface area (Å²) in [5.74, 6) is 0.528. The van der Waals surface area contributed by atoms with Gasteiger partial charge in [0.1, 0.15) is 0 Å². The smallest absolute Gasteiger partial charge is 0.217 e. The van der Waals surface area contributed by atoms with Gasteiger partial charge in [-0.15, -0.1) is 0 Å². The molecule has 1 fully saturated rings. The number of carbonyl (C=O) groups excluding carboxylic acids is 1. The number of hydrogen-bond donors (Lipinski definition) is 2. The molecule has 4 unspecified atom stereocenters. The minimum absolute atomic E-state index is 0.0470. The van der Waals surface area contributed by atoms with Gasteiger partial charge in [-0.05, 0) is 38.5 Å². The number of nitrogens with one attached hydrogen (secondary N) is 1. The van der Waals surface area contributed by atoms with E-state index in [1.54, 1.807) is 6.92 Å². The maximum Gasteiger partial charge on any atom is 0.217 e. The molecule has 1 rings (SSSR count). The highest BCUT2D eigenvalue weighted by molar-refractivity contribution is 5.73. The monoisotopic (exact) mass is 270 g/mol. The zero-order valence-electron chi connectivity index (χ0n) is 12.9. The fraction of sp³-hybridized carbons (Fsp3) is 0.933. The van der Waals surface area contributed by atoms with Gasteiger partial charge in [0.05, 0.1) is 6.10 Å². The molecule has 1 aliphatic rings. The van der Waals surface area contributed by atoms with E-state index in [1.807, 2.05) is 6.92 Å². The van der Waals surface area contributed by atoms with Crippen LogP contribution in [0.1, 0.15) is 53.4 Å². The van der Waals surface area contributed by atoms with E-state index in [4.69, 9.17) is 0 Å². The zero-order chi connectivity index (χ0) is 14.4. The first kappa shape index (κ1) is 16.4. The Morgan fingerprint density at radius 3 is 2.58 bits per heavy atom. The first-order valence-corrected chi connectivity index (χ1v) is 7.65. The summed E-state index contributed by atoms with van der Waals surface area (Å²) in [6, 6.07) is 0.770. The molecule has 0 aromatic heterocycles. The topological polar surface area (TPSA) is 52.6 Å². The summed E-state index contributed by atoms with van der Waals surface area (Å²) < 4.78 is 0. The Morgan fingerprint density at radius 2 is 2.05 bits per heavy atom. The van der Waals surface area contributed by atoms with Gasteiger partial charge < -0.3 is 10.4 Å². The molecule has 0 bridgehead atoms. The standard InChI is InChI=1S/C15H30N2O2/c1-5-11(3)17-9-13(8-15(19)6-2)7-14(10-17)16-12(4)18/h11,13-15,19H,5-10H2,1-4H3,(H,16,18). The number of likely N-dealkylation sites (tertiary alicyclic amines) is 1. The molecule has 0 spiro atoms. The summed E-state index contributed by atoms with van der Waals surface area (Å²) in [5.41, 5.74) is 0. The molecule has 2 N–H and O–H groups in total. The van der Waals surface area contributed by atoms with Crippen LogP contribution >= 0.6 is 0 Å². The van der Waals surface area contributed by atoms with Crippen LogP contribution in [0.15, 0.2) is 0 Å². The fourth-order valence-corrected chi connectivity index (χ4v) is 2.97. The van der Waals surface area contributed by atoms with E-state index >= 15 is 0 Å². The third-order valence-corrected chi connectivity index (χ3v) is 4.26. The van der Waals surface area contributed by atoms with E-state index in [1.165, 1.54) is 0 Å². The Bertz CT molecular complexity index is 283. The highest BCUT2D eigenvalue weighted by Crippen LogP contribution is 2.24. The number of carbonyl (C=O) groups is 1. The average Bonchev–Trinajstić information content (AvgIpc) is 2.36. The van der Waals surface area contributed by atoms with Crippen LogP contribution in [0.2, 0.25) is 0 Å². The van der Waals surface area contributed by atoms with Crippen molar-refractivity contribution in [3.63, 3.8) is 0 Å². The molecule has 4 nitrogen and oxygen atoms in total. The Labute approximate surface area is 117 Å². The van der Waals surface area contributed by atoms with Gasteiger partial charge in [0, 0.05) is 32.1 Å². The van der Waals surface area contributed by atoms with Crippen LogP contribution in [-0.4, -0.2) is 47.2 Å². The van der Waals surface area contributed by atoms with Crippen LogP contribution in [0.3, 0.4) is 0 Å². The van der Waals surface area contributed by atoms with Gasteiger partial charge >= 0.3 is 0 Å². The van der Waals surface area contributed by atoms with Crippen LogP contribution < -0.4 is 5.32 Å². The summed E-state index contributed by atoms with van der Waals surface area (Å²) in [5, 5.41) is 12.9. The molecule has 1 aliphatic heterocycles. The van der Waals surface area contributed by atoms with E-state index in [9.17, 15) is 9.90 Å². The van der Waals surface area contributed by atoms with Gasteiger partial charge in [-0.3, -0.25) is 9.69 Å². The van der Waals surface area contributed by atoms with Crippen molar-refractivity contribution < 1.29 is 9.90 Å². The first-order chi connectivity index (χ1) is 8.96. The largest absolute Gasteiger partial charge is 0.393 e. The van der Waals surface area contributed by atoms with E-state index < -0.39 is 0 Å². The number of nitrogens with zero attached hydrogens (tertiary/aromatic N) is 1. The molecule has 112 valence electrons. The Hall–Kier alpha value is -0.610. The summed E-state index contributed by atoms with van der Waals surface area (Å²) in [6.45, 7) is 10.0. The Morgan fingerprint density at radius 1 is 1.37 bits per heavy atom. The molecular weight excluding hydrogens is 240 g/mol. The number of amides is 1. The molecule has 0 aromatic rings. The van der Waals surface area contributed by atoms with E-state index in [2.05, 4.69) is 24.1 Å². The molecular formula is C15H30N2O2. The molecule has 0 aromatic carbocycles. The van der Waals surface area contributed by atoms with Gasteiger partial charge in [0.25, 0.3) is 0 Å². The second kappa shape index (κ2) is 7.85. The van der Waals surface area contributed by atoms with Crippen molar-refractivity contribution in [2.45, 2.75) is 71.6 Å². The summed E-state index contributed by atoms with van der Waals surface area (Å²) in [6.07, 6.45) is 3.56. The van der Waals surface area contributed by atoms with Gasteiger partial charge in [-0.25, -0.2) is 0 Å². The van der Waals surface area contributed by atoms with Crippen LogP contribution in [0.4, 0.5) is 0 Å². The molecule has 0 radical (unpaired) electrons. The van der Waals surface area contributed by atoms with Crippen LogP contribution in [0.5, 0.6) is 0 Å². The predicted octanol–water partition coefficient (Wildman–Crippen LogP) is 1.77. The summed E-state index contributed by atoms with van der Waals surface area (Å²) in [7, 11) is 0. The maximum absolute atomic E-state index is 11.3. The normalized spacial score (nSPS) is 27.8. The second-order valence-electron chi connectivity index (χ2n) is 6.01. The van der Waals surface area contributed by atoms with Crippen molar-refractivity contribution in [1.82, 2.24) is 10.2 Å². The predicted molar refractivity (Wildman–Crippen MR) is 78.0 cm³/mol. The highest BCUT2D eigenvalue weighted by Gasteiger charge is 2.30. The lowest BCUT2D eigenvalue weighted by molar-refractivity contribution is -0.120.